The van der Waals surface area contributed by atoms with E-state index in [2.05, 4.69) is 30.6 Å². The fraction of sp³-hybridized carbons (Fsp3) is 0.190. The Bertz CT molecular complexity index is 1360. The maximum absolute atomic E-state index is 13.6. The van der Waals surface area contributed by atoms with Gasteiger partial charge in [-0.1, -0.05) is 12.1 Å². The Balaban J connectivity index is 1.69. The van der Waals surface area contributed by atoms with Crippen molar-refractivity contribution in [3.05, 3.63) is 59.8 Å². The second kappa shape index (κ2) is 8.91. The Morgan fingerprint density at radius 2 is 1.82 bits per heavy atom. The summed E-state index contributed by atoms with van der Waals surface area (Å²) in [4.78, 5) is 19.0. The molecule has 3 aromatic rings. The molecule has 4 rings (SSSR count). The van der Waals surface area contributed by atoms with Gasteiger partial charge in [0.25, 0.3) is 0 Å². The minimum atomic E-state index is -4.79. The van der Waals surface area contributed by atoms with Crippen molar-refractivity contribution in [2.45, 2.75) is 23.9 Å². The number of nitrogens with one attached hydrogen (secondary N) is 4. The van der Waals surface area contributed by atoms with Crippen molar-refractivity contribution in [1.82, 2.24) is 14.7 Å². The molecule has 0 saturated heterocycles. The summed E-state index contributed by atoms with van der Waals surface area (Å²) in [6.07, 6.45) is -3.32. The zero-order chi connectivity index (χ0) is 24.5. The molecule has 34 heavy (non-hydrogen) atoms. The lowest BCUT2D eigenvalue weighted by molar-refractivity contribution is -0.137. The van der Waals surface area contributed by atoms with E-state index in [0.717, 1.165) is 5.56 Å². The third-order valence-electron chi connectivity index (χ3n) is 5.05. The van der Waals surface area contributed by atoms with Crippen molar-refractivity contribution in [2.24, 2.45) is 0 Å². The number of amides is 1. The highest BCUT2D eigenvalue weighted by atomic mass is 32.2. The van der Waals surface area contributed by atoms with E-state index in [1.807, 2.05) is 0 Å². The van der Waals surface area contributed by atoms with Gasteiger partial charge in [0.05, 0.1) is 5.69 Å². The number of anilines is 5. The number of para-hydroxylation sites is 1. The molecule has 1 aliphatic heterocycles. The second-order valence-electron chi connectivity index (χ2n) is 7.33. The van der Waals surface area contributed by atoms with Crippen LogP contribution in [0.15, 0.2) is 53.6 Å². The summed E-state index contributed by atoms with van der Waals surface area (Å²) in [5.74, 6) is -0.839. The zero-order valence-corrected chi connectivity index (χ0v) is 18.5. The van der Waals surface area contributed by atoms with Gasteiger partial charge in [0.1, 0.15) is 16.3 Å². The van der Waals surface area contributed by atoms with Crippen molar-refractivity contribution in [3.8, 4) is 0 Å². The highest BCUT2D eigenvalue weighted by Crippen LogP contribution is 2.36. The first kappa shape index (κ1) is 23.4. The van der Waals surface area contributed by atoms with Crippen LogP contribution < -0.4 is 20.7 Å². The minimum absolute atomic E-state index is 0.0866. The highest BCUT2D eigenvalue weighted by Gasteiger charge is 2.36. The Morgan fingerprint density at radius 3 is 2.56 bits per heavy atom. The van der Waals surface area contributed by atoms with E-state index in [1.54, 1.807) is 18.2 Å². The molecule has 9 nitrogen and oxygen atoms in total. The number of hydrogen-bond donors (Lipinski definition) is 4. The Kier molecular flexibility index (Phi) is 6.15. The first-order chi connectivity index (χ1) is 16.1. The molecule has 4 N–H and O–H groups in total. The predicted octanol–water partition coefficient (Wildman–Crippen LogP) is 3.78. The van der Waals surface area contributed by atoms with Crippen molar-refractivity contribution >= 4 is 44.8 Å². The Hall–Kier alpha value is -3.71. The Labute approximate surface area is 192 Å². The number of sulfonamides is 1. The van der Waals surface area contributed by atoms with E-state index >= 15 is 0 Å². The molecule has 0 atom stereocenters. The van der Waals surface area contributed by atoms with Gasteiger partial charge in [0.15, 0.2) is 0 Å². The molecule has 0 radical (unpaired) electrons. The van der Waals surface area contributed by atoms with E-state index in [9.17, 15) is 26.4 Å². The molecule has 178 valence electrons. The number of aryl methyl sites for hydroxylation is 1. The molecule has 13 heteroatoms. The monoisotopic (exact) mass is 492 g/mol. The van der Waals surface area contributed by atoms with Crippen LogP contribution in [0.1, 0.15) is 17.5 Å². The summed E-state index contributed by atoms with van der Waals surface area (Å²) in [6.45, 7) is 0. The van der Waals surface area contributed by atoms with Gasteiger partial charge in [-0.2, -0.15) is 18.2 Å². The summed E-state index contributed by atoms with van der Waals surface area (Å²) in [5, 5.41) is 8.09. The van der Waals surface area contributed by atoms with Crippen molar-refractivity contribution in [1.29, 1.82) is 0 Å². The molecular weight excluding hydrogens is 473 g/mol. The average molecular weight is 492 g/mol. The van der Waals surface area contributed by atoms with Crippen LogP contribution in [0.25, 0.3) is 0 Å². The van der Waals surface area contributed by atoms with E-state index in [1.165, 1.54) is 31.3 Å². The number of alkyl halides is 3. The molecule has 0 unspecified atom stereocenters. The highest BCUT2D eigenvalue weighted by molar-refractivity contribution is 7.89. The van der Waals surface area contributed by atoms with E-state index in [4.69, 9.17) is 0 Å². The topological polar surface area (TPSA) is 125 Å². The molecule has 0 saturated carbocycles. The van der Waals surface area contributed by atoms with Crippen LogP contribution in [-0.2, 0) is 27.4 Å². The number of carbonyl (C=O) groups is 1. The van der Waals surface area contributed by atoms with Gasteiger partial charge in [-0.25, -0.2) is 18.1 Å². The first-order valence-corrected chi connectivity index (χ1v) is 11.5. The van der Waals surface area contributed by atoms with Gasteiger partial charge in [-0.15, -0.1) is 0 Å². The third-order valence-corrected chi connectivity index (χ3v) is 6.52. The fourth-order valence-electron chi connectivity index (χ4n) is 3.38. The molecular formula is C21H19F3N6O3S. The molecule has 0 spiro atoms. The van der Waals surface area contributed by atoms with E-state index in [-0.39, 0.29) is 22.4 Å². The number of fused-ring (bicyclic) bond motifs is 1. The maximum atomic E-state index is 13.6. The molecule has 1 amide bonds. The smallest absolute Gasteiger partial charge is 0.338 e. The van der Waals surface area contributed by atoms with Crippen LogP contribution in [0.2, 0.25) is 0 Å². The minimum Gasteiger partial charge on any atom is -0.338 e. The van der Waals surface area contributed by atoms with Gasteiger partial charge in [0, 0.05) is 24.0 Å². The number of aromatic nitrogens is 2. The summed E-state index contributed by atoms with van der Waals surface area (Å²) in [5.41, 5.74) is 0.791. The predicted molar refractivity (Wildman–Crippen MR) is 120 cm³/mol. The van der Waals surface area contributed by atoms with Gasteiger partial charge in [-0.3, -0.25) is 4.79 Å². The Morgan fingerprint density at radius 1 is 1.06 bits per heavy atom. The number of rotatable bonds is 6. The lowest BCUT2D eigenvalue weighted by Gasteiger charge is -2.18. The number of carbonyl (C=O) groups excluding carboxylic acids is 1. The summed E-state index contributed by atoms with van der Waals surface area (Å²) in [6, 6.07) is 10.6. The summed E-state index contributed by atoms with van der Waals surface area (Å²) < 4.78 is 67.6. The van der Waals surface area contributed by atoms with Crippen LogP contribution >= 0.6 is 0 Å². The van der Waals surface area contributed by atoms with Crippen molar-refractivity contribution < 1.29 is 26.4 Å². The lowest BCUT2D eigenvalue weighted by atomic mass is 10.0. The average Bonchev–Trinajstić information content (AvgIpc) is 2.79. The SMILES string of the molecule is CNS(=O)(=O)c1ccccc1Nc1nc(Nc2ccc3c(c2)CCC(=O)N3)ncc1C(F)(F)F. The molecule has 0 bridgehead atoms. The van der Waals surface area contributed by atoms with E-state index < -0.39 is 27.6 Å². The van der Waals surface area contributed by atoms with Crippen LogP contribution in [0.5, 0.6) is 0 Å². The normalized spacial score (nSPS) is 13.7. The van der Waals surface area contributed by atoms with Crippen molar-refractivity contribution in [3.63, 3.8) is 0 Å². The van der Waals surface area contributed by atoms with Crippen LogP contribution in [-0.4, -0.2) is 31.3 Å². The number of halogens is 3. The third kappa shape index (κ3) is 4.94. The molecule has 0 aliphatic carbocycles. The zero-order valence-electron chi connectivity index (χ0n) is 17.7. The number of benzene rings is 2. The molecule has 2 heterocycles. The van der Waals surface area contributed by atoms with Crippen LogP contribution in [0.3, 0.4) is 0 Å². The summed E-state index contributed by atoms with van der Waals surface area (Å²) in [7, 11) is -2.75. The molecule has 2 aromatic carbocycles. The molecule has 1 aliphatic rings. The number of hydrogen-bond acceptors (Lipinski definition) is 7. The van der Waals surface area contributed by atoms with Crippen LogP contribution in [0, 0.1) is 0 Å². The molecule has 0 fully saturated rings. The first-order valence-electron chi connectivity index (χ1n) is 10.0. The van der Waals surface area contributed by atoms with Gasteiger partial charge in [-0.05, 0) is 49.4 Å². The van der Waals surface area contributed by atoms with Crippen LogP contribution in [0.4, 0.5) is 42.0 Å². The van der Waals surface area contributed by atoms with E-state index in [0.29, 0.717) is 30.4 Å². The van der Waals surface area contributed by atoms with Gasteiger partial charge >= 0.3 is 6.18 Å². The van der Waals surface area contributed by atoms with Crippen molar-refractivity contribution in [2.75, 3.05) is 23.0 Å². The van der Waals surface area contributed by atoms with Gasteiger partial charge < -0.3 is 16.0 Å². The maximum Gasteiger partial charge on any atom is 0.421 e. The second-order valence-corrected chi connectivity index (χ2v) is 9.18. The van der Waals surface area contributed by atoms with Gasteiger partial charge in [0.2, 0.25) is 21.9 Å². The number of nitrogens with zero attached hydrogens (tertiary/aromatic N) is 2. The fourth-order valence-corrected chi connectivity index (χ4v) is 4.26. The quantitative estimate of drug-likeness (QED) is 0.413. The summed E-state index contributed by atoms with van der Waals surface area (Å²) >= 11 is 0. The largest absolute Gasteiger partial charge is 0.421 e. The standard InChI is InChI=1S/C21H19F3N6O3S/c1-25-34(32,33)17-5-3-2-4-16(17)29-19-14(21(22,23)24)11-26-20(30-19)27-13-7-8-15-12(10-13)6-9-18(31)28-15/h2-5,7-8,10-11,25H,6,9H2,1H3,(H,28,31)(H2,26,27,29,30). The molecule has 1 aromatic heterocycles. The lowest BCUT2D eigenvalue weighted by Crippen LogP contribution is -2.20.